The molecule has 0 aromatic heterocycles. The minimum atomic E-state index is -4.16. The number of carbonyl (C=O) groups is 1. The molecule has 5 nitrogen and oxygen atoms in total. The lowest BCUT2D eigenvalue weighted by atomic mass is 10.2. The van der Waals surface area contributed by atoms with Crippen molar-refractivity contribution in [1.29, 1.82) is 0 Å². The number of anilines is 1. The van der Waals surface area contributed by atoms with Gasteiger partial charge >= 0.3 is 0 Å². The van der Waals surface area contributed by atoms with Gasteiger partial charge in [0.15, 0.2) is 17.5 Å². The quantitative estimate of drug-likeness (QED) is 0.487. The van der Waals surface area contributed by atoms with Gasteiger partial charge in [-0.15, -0.1) is 0 Å². The van der Waals surface area contributed by atoms with Crippen LogP contribution in [0, 0.1) is 24.4 Å². The molecule has 0 saturated heterocycles. The molecule has 168 valence electrons. The van der Waals surface area contributed by atoms with Crippen LogP contribution < -0.4 is 5.32 Å². The van der Waals surface area contributed by atoms with Crippen LogP contribution in [0.3, 0.4) is 0 Å². The molecular formula is C22H18ClF3N2O3S. The van der Waals surface area contributed by atoms with Crippen molar-refractivity contribution in [1.82, 2.24) is 4.31 Å². The number of hydrogen-bond acceptors (Lipinski definition) is 3. The number of nitrogens with zero attached hydrogens (tertiary/aromatic N) is 1. The number of halogens is 4. The second kappa shape index (κ2) is 9.72. The monoisotopic (exact) mass is 482 g/mol. The molecule has 32 heavy (non-hydrogen) atoms. The molecule has 0 heterocycles. The Morgan fingerprint density at radius 1 is 0.969 bits per heavy atom. The Balaban J connectivity index is 1.92. The maximum atomic E-state index is 13.9. The summed E-state index contributed by atoms with van der Waals surface area (Å²) in [6.45, 7) is 0.825. The van der Waals surface area contributed by atoms with E-state index in [2.05, 4.69) is 5.32 Å². The molecule has 0 aliphatic rings. The van der Waals surface area contributed by atoms with Crippen molar-refractivity contribution in [3.63, 3.8) is 0 Å². The Labute approximate surface area is 188 Å². The number of nitrogens with one attached hydrogen (secondary N) is 1. The van der Waals surface area contributed by atoms with Crippen molar-refractivity contribution in [3.8, 4) is 0 Å². The Kier molecular flexibility index (Phi) is 7.22. The lowest BCUT2D eigenvalue weighted by molar-refractivity contribution is -0.116. The van der Waals surface area contributed by atoms with Gasteiger partial charge in [0.1, 0.15) is 0 Å². The molecule has 1 amide bonds. The van der Waals surface area contributed by atoms with E-state index in [0.717, 1.165) is 15.9 Å². The van der Waals surface area contributed by atoms with Gasteiger partial charge in [0.2, 0.25) is 15.9 Å². The smallest absolute Gasteiger partial charge is 0.243 e. The highest BCUT2D eigenvalue weighted by Crippen LogP contribution is 2.24. The van der Waals surface area contributed by atoms with Crippen LogP contribution in [0.2, 0.25) is 5.02 Å². The molecule has 1 N–H and O–H groups in total. The summed E-state index contributed by atoms with van der Waals surface area (Å²) < 4.78 is 67.8. The number of aryl methyl sites for hydroxylation is 1. The van der Waals surface area contributed by atoms with Crippen molar-refractivity contribution in [2.75, 3.05) is 11.9 Å². The van der Waals surface area contributed by atoms with Crippen LogP contribution in [0.1, 0.15) is 11.1 Å². The summed E-state index contributed by atoms with van der Waals surface area (Å²) >= 11 is 6.16. The zero-order valence-electron chi connectivity index (χ0n) is 16.8. The molecular weight excluding hydrogens is 465 g/mol. The van der Waals surface area contributed by atoms with Gasteiger partial charge in [-0.1, -0.05) is 47.5 Å². The minimum absolute atomic E-state index is 0.0537. The normalized spacial score (nSPS) is 11.6. The van der Waals surface area contributed by atoms with Crippen molar-refractivity contribution in [2.45, 2.75) is 18.4 Å². The molecule has 0 spiro atoms. The van der Waals surface area contributed by atoms with E-state index in [1.54, 1.807) is 43.3 Å². The Hall–Kier alpha value is -2.88. The summed E-state index contributed by atoms with van der Waals surface area (Å²) in [5.74, 6) is -5.69. The fraction of sp³-hybridized carbons (Fsp3) is 0.136. The molecule has 3 rings (SSSR count). The van der Waals surface area contributed by atoms with Crippen molar-refractivity contribution >= 4 is 33.2 Å². The van der Waals surface area contributed by atoms with Crippen LogP contribution in [0.15, 0.2) is 65.6 Å². The Morgan fingerprint density at radius 2 is 1.62 bits per heavy atom. The number of amides is 1. The highest BCUT2D eigenvalue weighted by molar-refractivity contribution is 7.89. The number of benzene rings is 3. The summed E-state index contributed by atoms with van der Waals surface area (Å²) in [6, 6.07) is 14.0. The third kappa shape index (κ3) is 5.29. The summed E-state index contributed by atoms with van der Waals surface area (Å²) in [7, 11) is -4.16. The van der Waals surface area contributed by atoms with E-state index in [-0.39, 0.29) is 11.4 Å². The zero-order valence-corrected chi connectivity index (χ0v) is 18.4. The number of sulfonamides is 1. The largest absolute Gasteiger partial charge is 0.322 e. The average molecular weight is 483 g/mol. The van der Waals surface area contributed by atoms with Gasteiger partial charge in [-0.3, -0.25) is 4.79 Å². The van der Waals surface area contributed by atoms with Gasteiger partial charge in [0.05, 0.1) is 17.1 Å². The van der Waals surface area contributed by atoms with E-state index in [4.69, 9.17) is 11.6 Å². The molecule has 3 aromatic rings. The SMILES string of the molecule is Cc1ccc(S(=O)(=O)N(CC(=O)Nc2ccc(F)c(F)c2F)Cc2ccccc2Cl)cc1. The van der Waals surface area contributed by atoms with Gasteiger partial charge in [-0.2, -0.15) is 4.31 Å². The van der Waals surface area contributed by atoms with Gasteiger partial charge in [0.25, 0.3) is 0 Å². The average Bonchev–Trinajstić information content (AvgIpc) is 2.75. The van der Waals surface area contributed by atoms with Crippen LogP contribution in [-0.2, 0) is 21.4 Å². The molecule has 3 aromatic carbocycles. The topological polar surface area (TPSA) is 66.5 Å². The van der Waals surface area contributed by atoms with Crippen LogP contribution in [0.5, 0.6) is 0 Å². The second-order valence-corrected chi connectivity index (χ2v) is 9.29. The number of rotatable bonds is 7. The first-order valence-corrected chi connectivity index (χ1v) is 11.1. The Bertz CT molecular complexity index is 1250. The lowest BCUT2D eigenvalue weighted by Gasteiger charge is -2.22. The second-order valence-electron chi connectivity index (χ2n) is 6.95. The molecule has 0 saturated carbocycles. The lowest BCUT2D eigenvalue weighted by Crippen LogP contribution is -2.37. The first kappa shape index (κ1) is 23.8. The highest BCUT2D eigenvalue weighted by Gasteiger charge is 2.28. The zero-order chi connectivity index (χ0) is 23.5. The van der Waals surface area contributed by atoms with Crippen molar-refractivity contribution < 1.29 is 26.4 Å². The third-order valence-electron chi connectivity index (χ3n) is 4.59. The molecule has 0 atom stereocenters. The predicted molar refractivity (Wildman–Crippen MR) is 115 cm³/mol. The van der Waals surface area contributed by atoms with Crippen molar-refractivity contribution in [3.05, 3.63) is 94.3 Å². The summed E-state index contributed by atoms with van der Waals surface area (Å²) in [4.78, 5) is 12.5. The standard InChI is InChI=1S/C22H18ClF3N2O3S/c1-14-6-8-16(9-7-14)32(30,31)28(12-15-4-2-3-5-17(15)23)13-20(29)27-19-11-10-18(24)21(25)22(19)26/h2-11H,12-13H2,1H3,(H,27,29). The van der Waals surface area contributed by atoms with Crippen LogP contribution in [-0.4, -0.2) is 25.2 Å². The molecule has 0 fully saturated rings. The Morgan fingerprint density at radius 3 is 2.28 bits per heavy atom. The summed E-state index contributed by atoms with van der Waals surface area (Å²) in [6.07, 6.45) is 0. The summed E-state index contributed by atoms with van der Waals surface area (Å²) in [5.41, 5.74) is 0.671. The molecule has 0 aliphatic carbocycles. The van der Waals surface area contributed by atoms with E-state index in [1.807, 2.05) is 0 Å². The third-order valence-corrected chi connectivity index (χ3v) is 6.77. The molecule has 0 aliphatic heterocycles. The van der Waals surface area contributed by atoms with Gasteiger partial charge in [-0.05, 0) is 42.8 Å². The van der Waals surface area contributed by atoms with Gasteiger partial charge in [0, 0.05) is 11.6 Å². The van der Waals surface area contributed by atoms with Crippen LogP contribution in [0.25, 0.3) is 0 Å². The fourth-order valence-electron chi connectivity index (χ4n) is 2.87. The first-order chi connectivity index (χ1) is 15.1. The van der Waals surface area contributed by atoms with Gasteiger partial charge < -0.3 is 5.32 Å². The summed E-state index contributed by atoms with van der Waals surface area (Å²) in [5, 5.41) is 2.38. The first-order valence-electron chi connectivity index (χ1n) is 9.33. The van der Waals surface area contributed by atoms with Crippen molar-refractivity contribution in [2.24, 2.45) is 0 Å². The molecule has 0 unspecified atom stereocenters. The fourth-order valence-corrected chi connectivity index (χ4v) is 4.44. The number of carbonyl (C=O) groups excluding carboxylic acids is 1. The van der Waals surface area contributed by atoms with Crippen LogP contribution in [0.4, 0.5) is 18.9 Å². The van der Waals surface area contributed by atoms with E-state index >= 15 is 0 Å². The maximum absolute atomic E-state index is 13.9. The highest BCUT2D eigenvalue weighted by atomic mass is 35.5. The molecule has 0 radical (unpaired) electrons. The number of hydrogen-bond donors (Lipinski definition) is 1. The van der Waals surface area contributed by atoms with E-state index in [0.29, 0.717) is 16.7 Å². The van der Waals surface area contributed by atoms with E-state index < -0.39 is 45.6 Å². The van der Waals surface area contributed by atoms with E-state index in [9.17, 15) is 26.4 Å². The van der Waals surface area contributed by atoms with E-state index in [1.165, 1.54) is 12.1 Å². The van der Waals surface area contributed by atoms with Crippen LogP contribution >= 0.6 is 11.6 Å². The maximum Gasteiger partial charge on any atom is 0.243 e. The van der Waals surface area contributed by atoms with Gasteiger partial charge in [-0.25, -0.2) is 21.6 Å². The molecule has 0 bridgehead atoms. The predicted octanol–water partition coefficient (Wildman–Crippen LogP) is 4.90. The molecule has 10 heteroatoms. The minimum Gasteiger partial charge on any atom is -0.322 e.